The molecule has 55 valence electrons. The van der Waals surface area contributed by atoms with Crippen molar-refractivity contribution in [2.24, 2.45) is 0 Å². The maximum Gasteiger partial charge on any atom is 0.0738 e. The predicted octanol–water partition coefficient (Wildman–Crippen LogP) is -2.85. The molecule has 0 fully saturated rings. The van der Waals surface area contributed by atoms with E-state index in [2.05, 4.69) is 0 Å². The van der Waals surface area contributed by atoms with Crippen molar-refractivity contribution >= 4 is 79.2 Å². The SMILES string of the molecule is [B][B]B(B([B])[B])C(C)=C(C)B([B])B([B])[B]. The fraction of sp³-hybridized carbons (Fsp3) is 0.500. The molecule has 0 bridgehead atoms. The summed E-state index contributed by atoms with van der Waals surface area (Å²) in [5, 5.41) is 0. The topological polar surface area (TPSA) is 0 Å². The lowest BCUT2D eigenvalue weighted by Crippen LogP contribution is -2.47. The highest BCUT2D eigenvalue weighted by Gasteiger charge is 2.22. The molecule has 0 aromatic rings. The largest absolute Gasteiger partial charge is 0.134 e. The van der Waals surface area contributed by atoms with Gasteiger partial charge in [-0.25, -0.2) is 0 Å². The Bertz CT molecular complexity index is 221. The van der Waals surface area contributed by atoms with Crippen LogP contribution >= 0.6 is 0 Å². The van der Waals surface area contributed by atoms with Crippen LogP contribution in [0.25, 0.3) is 0 Å². The zero-order valence-corrected chi connectivity index (χ0v) is 9.35. The molecule has 15 heavy (non-hydrogen) atoms. The third kappa shape index (κ3) is 4.45. The molecule has 0 N–H and O–H groups in total. The van der Waals surface area contributed by atoms with E-state index in [1.54, 1.807) is 0 Å². The molecule has 0 amide bonds. The Morgan fingerprint density at radius 3 is 1.60 bits per heavy atom. The van der Waals surface area contributed by atoms with Crippen LogP contribution in [0.3, 0.4) is 0 Å². The first kappa shape index (κ1) is 15.5. The van der Waals surface area contributed by atoms with Gasteiger partial charge in [-0.15, -0.1) is 10.9 Å². The Morgan fingerprint density at radius 2 is 1.33 bits per heavy atom. The smallest absolute Gasteiger partial charge is 0.0738 e. The molecule has 0 nitrogen and oxygen atoms in total. The van der Waals surface area contributed by atoms with E-state index < -0.39 is 19.3 Å². The molecule has 13 radical (unpaired) electrons. The van der Waals surface area contributed by atoms with Gasteiger partial charge in [0.05, 0.1) is 13.0 Å². The lowest BCUT2D eigenvalue weighted by molar-refractivity contribution is 1.52. The van der Waals surface area contributed by atoms with Crippen LogP contribution in [0, 0.1) is 0 Å². The van der Waals surface area contributed by atoms with Crippen LogP contribution in [-0.4, -0.2) is 79.2 Å². The second kappa shape index (κ2) is 6.91. The molecule has 0 aliphatic rings. The molecule has 0 aromatic carbocycles. The normalized spacial score (nSPS) is 11.3. The van der Waals surface area contributed by atoms with Crippen LogP contribution in [0.4, 0.5) is 0 Å². The molecule has 0 heterocycles. The predicted molar refractivity (Wildman–Crippen MR) is 81.7 cm³/mol. The van der Waals surface area contributed by atoms with Gasteiger partial charge in [0.2, 0.25) is 0 Å². The van der Waals surface area contributed by atoms with Crippen LogP contribution in [-0.2, 0) is 0 Å². The van der Waals surface area contributed by atoms with E-state index in [9.17, 15) is 0 Å². The summed E-state index contributed by atoms with van der Waals surface area (Å²) in [5.74, 6) is 0. The van der Waals surface area contributed by atoms with E-state index in [4.69, 9.17) is 46.4 Å². The van der Waals surface area contributed by atoms with Crippen LogP contribution in [0.2, 0.25) is 0 Å². The van der Waals surface area contributed by atoms with E-state index in [1.807, 2.05) is 13.8 Å². The molecule has 0 rings (SSSR count). The fourth-order valence-corrected chi connectivity index (χ4v) is 1.38. The summed E-state index contributed by atoms with van der Waals surface area (Å²) in [7, 11) is 34.9. The Morgan fingerprint density at radius 1 is 0.867 bits per heavy atom. The first-order valence-corrected chi connectivity index (χ1v) is 4.83. The maximum absolute atomic E-state index is 5.81. The molecule has 0 atom stereocenters. The van der Waals surface area contributed by atoms with Gasteiger partial charge in [0.15, 0.2) is 0 Å². The number of allylic oxidation sites excluding steroid dienone is 2. The summed E-state index contributed by atoms with van der Waals surface area (Å²) in [5.41, 5.74) is 1.79. The van der Waals surface area contributed by atoms with Crippen LogP contribution in [0.15, 0.2) is 10.9 Å². The van der Waals surface area contributed by atoms with Crippen molar-refractivity contribution in [3.63, 3.8) is 0 Å². The minimum Gasteiger partial charge on any atom is -0.134 e. The highest BCUT2D eigenvalue weighted by Crippen LogP contribution is 2.09. The molecule has 11 heteroatoms. The Balaban J connectivity index is 4.89. The molecule has 0 aromatic heterocycles. The van der Waals surface area contributed by atoms with E-state index in [0.717, 1.165) is 10.9 Å². The highest BCUT2D eigenvalue weighted by atomic mass is 13.8. The third-order valence-corrected chi connectivity index (χ3v) is 2.66. The standard InChI is InChI=1S/C4H6B11/c1-3(12(6)14(7)8)4(2)13(11-5)15(9)10/h1-2H3. The summed E-state index contributed by atoms with van der Waals surface area (Å²) in [6, 6.07) is 0. The average molecular weight is 173 g/mol. The lowest BCUT2D eigenvalue weighted by Gasteiger charge is -2.23. The van der Waals surface area contributed by atoms with E-state index >= 15 is 0 Å². The maximum atomic E-state index is 5.81. The van der Waals surface area contributed by atoms with Crippen molar-refractivity contribution < 1.29 is 0 Å². The molecule has 0 aliphatic heterocycles. The van der Waals surface area contributed by atoms with Gasteiger partial charge in [-0.1, -0.05) is 13.8 Å². The number of rotatable bonds is 5. The van der Waals surface area contributed by atoms with Crippen LogP contribution in [0.1, 0.15) is 13.8 Å². The Kier molecular flexibility index (Phi) is 7.12. The van der Waals surface area contributed by atoms with Gasteiger partial charge >= 0.3 is 0 Å². The second-order valence-corrected chi connectivity index (χ2v) is 3.76. The summed E-state index contributed by atoms with van der Waals surface area (Å²) in [6.07, 6.45) is -1.15. The Labute approximate surface area is 104 Å². The molecule has 0 saturated carbocycles. The van der Waals surface area contributed by atoms with Crippen molar-refractivity contribution in [3.8, 4) is 0 Å². The molecule has 0 saturated heterocycles. The molecular weight excluding hydrogens is 167 g/mol. The van der Waals surface area contributed by atoms with Gasteiger partial charge in [0.1, 0.15) is 0 Å². The zero-order valence-electron chi connectivity index (χ0n) is 9.35. The van der Waals surface area contributed by atoms with Gasteiger partial charge in [-0.2, -0.15) is 0 Å². The minimum atomic E-state index is -0.604. The van der Waals surface area contributed by atoms with E-state index in [-0.39, 0.29) is 6.49 Å². The van der Waals surface area contributed by atoms with E-state index in [0.29, 0.717) is 0 Å². The zero-order chi connectivity index (χ0) is 12.2. The lowest BCUT2D eigenvalue weighted by atomic mass is 8.79. The summed E-state index contributed by atoms with van der Waals surface area (Å²) < 4.78 is 0. The monoisotopic (exact) mass is 175 g/mol. The van der Waals surface area contributed by atoms with Crippen molar-refractivity contribution in [3.05, 3.63) is 10.9 Å². The quantitative estimate of drug-likeness (QED) is 0.392. The Hall–Kier alpha value is 0.454. The molecule has 0 aliphatic carbocycles. The average Bonchev–Trinajstić information content (AvgIpc) is 2.15. The first-order valence-electron chi connectivity index (χ1n) is 4.83. The molecule has 0 spiro atoms. The van der Waals surface area contributed by atoms with Crippen molar-refractivity contribution in [2.75, 3.05) is 0 Å². The van der Waals surface area contributed by atoms with Crippen LogP contribution in [0.5, 0.6) is 0 Å². The first-order chi connectivity index (χ1) is 6.82. The molecular formula is C4H6B11. The number of hydrogen-bond acceptors (Lipinski definition) is 0. The number of hydrogen-bond donors (Lipinski definition) is 0. The molecule has 0 unspecified atom stereocenters. The van der Waals surface area contributed by atoms with Gasteiger partial charge in [0.25, 0.3) is 0 Å². The minimum absolute atomic E-state index is 0.213. The van der Waals surface area contributed by atoms with Gasteiger partial charge in [-0.05, 0) is 0 Å². The van der Waals surface area contributed by atoms with Crippen molar-refractivity contribution in [1.82, 2.24) is 0 Å². The third-order valence-electron chi connectivity index (χ3n) is 2.66. The van der Waals surface area contributed by atoms with Crippen molar-refractivity contribution in [1.29, 1.82) is 0 Å². The van der Waals surface area contributed by atoms with Crippen molar-refractivity contribution in [2.45, 2.75) is 13.8 Å². The van der Waals surface area contributed by atoms with Gasteiger partial charge in [-0.3, -0.25) is 0 Å². The van der Waals surface area contributed by atoms with Gasteiger partial charge in [0, 0.05) is 66.3 Å². The second-order valence-electron chi connectivity index (χ2n) is 3.76. The van der Waals surface area contributed by atoms with E-state index in [1.165, 1.54) is 7.06 Å². The summed E-state index contributed by atoms with van der Waals surface area (Å²) in [6.45, 7) is 3.10. The van der Waals surface area contributed by atoms with Gasteiger partial charge < -0.3 is 0 Å². The summed E-state index contributed by atoms with van der Waals surface area (Å²) in [4.78, 5) is 0. The highest BCUT2D eigenvalue weighted by molar-refractivity contribution is 7.74. The summed E-state index contributed by atoms with van der Waals surface area (Å²) >= 11 is 0. The van der Waals surface area contributed by atoms with Crippen LogP contribution < -0.4 is 0 Å². The fourth-order valence-electron chi connectivity index (χ4n) is 1.38.